The van der Waals surface area contributed by atoms with Crippen LogP contribution >= 0.6 is 0 Å². The van der Waals surface area contributed by atoms with Crippen LogP contribution in [0.1, 0.15) is 54.5 Å². The van der Waals surface area contributed by atoms with Crippen molar-refractivity contribution in [3.63, 3.8) is 0 Å². The summed E-state index contributed by atoms with van der Waals surface area (Å²) in [6, 6.07) is 36.3. The van der Waals surface area contributed by atoms with Gasteiger partial charge in [-0.05, 0) is 109 Å². The van der Waals surface area contributed by atoms with Crippen molar-refractivity contribution < 1.29 is 0 Å². The third kappa shape index (κ3) is 3.42. The van der Waals surface area contributed by atoms with E-state index in [4.69, 9.17) is 4.99 Å². The third-order valence-electron chi connectivity index (χ3n) is 10.2. The summed E-state index contributed by atoms with van der Waals surface area (Å²) in [7, 11) is 0. The lowest BCUT2D eigenvalue weighted by molar-refractivity contribution is 0.657. The van der Waals surface area contributed by atoms with E-state index < -0.39 is 0 Å². The maximum absolute atomic E-state index is 5.13. The minimum atomic E-state index is -0.103. The second-order valence-electron chi connectivity index (χ2n) is 12.9. The van der Waals surface area contributed by atoms with E-state index in [0.29, 0.717) is 0 Å². The summed E-state index contributed by atoms with van der Waals surface area (Å²) in [4.78, 5) is 5.13. The fourth-order valence-corrected chi connectivity index (χ4v) is 8.33. The van der Waals surface area contributed by atoms with Crippen LogP contribution in [-0.2, 0) is 18.3 Å². The lowest BCUT2D eigenvalue weighted by Crippen LogP contribution is -2.18. The Bertz CT molecular complexity index is 2190. The van der Waals surface area contributed by atoms with Crippen molar-refractivity contribution in [3.05, 3.63) is 131 Å². The molecule has 9 rings (SSSR count). The Balaban J connectivity index is 1.42. The number of fused-ring (bicyclic) bond motifs is 9. The average molecular weight is 552 g/mol. The van der Waals surface area contributed by atoms with E-state index in [1.807, 2.05) is 0 Å². The number of aliphatic imine (C=N–C) groups is 1. The normalized spacial score (nSPS) is 15.8. The number of rotatable bonds is 2. The van der Waals surface area contributed by atoms with Crippen LogP contribution in [0.15, 0.2) is 108 Å². The van der Waals surface area contributed by atoms with E-state index >= 15 is 0 Å². The lowest BCUT2D eigenvalue weighted by Gasteiger charge is -2.27. The second-order valence-corrected chi connectivity index (χ2v) is 12.9. The van der Waals surface area contributed by atoms with Crippen LogP contribution in [0, 0.1) is 0 Å². The number of hydrogen-bond acceptors (Lipinski definition) is 1. The topological polar surface area (TPSA) is 12.4 Å². The lowest BCUT2D eigenvalue weighted by atomic mass is 9.76. The van der Waals surface area contributed by atoms with Crippen LogP contribution in [0.25, 0.3) is 61.0 Å². The monoisotopic (exact) mass is 551 g/mol. The SMILES string of the molecule is CC1(C)c2cc(-c3c4c(c(-c5ccccc5)c5ccccc35)N=CCC4)c3ccccc3c2-c2ccc3c(c21)C=CCC3. The van der Waals surface area contributed by atoms with Gasteiger partial charge in [0.1, 0.15) is 0 Å². The maximum atomic E-state index is 5.13. The van der Waals surface area contributed by atoms with E-state index in [9.17, 15) is 0 Å². The minimum absolute atomic E-state index is 0.103. The zero-order valence-corrected chi connectivity index (χ0v) is 24.7. The van der Waals surface area contributed by atoms with Gasteiger partial charge >= 0.3 is 0 Å². The molecule has 0 radical (unpaired) electrons. The molecule has 43 heavy (non-hydrogen) atoms. The Labute approximate surface area is 253 Å². The number of aryl methyl sites for hydroxylation is 1. The first-order valence-corrected chi connectivity index (χ1v) is 15.7. The number of allylic oxidation sites excluding steroid dienone is 1. The van der Waals surface area contributed by atoms with Gasteiger partial charge < -0.3 is 0 Å². The van der Waals surface area contributed by atoms with Gasteiger partial charge in [0, 0.05) is 17.2 Å². The minimum Gasteiger partial charge on any atom is -0.260 e. The van der Waals surface area contributed by atoms with Crippen molar-refractivity contribution >= 4 is 39.5 Å². The quantitative estimate of drug-likeness (QED) is 0.203. The molecule has 0 saturated carbocycles. The van der Waals surface area contributed by atoms with Crippen molar-refractivity contribution in [2.24, 2.45) is 4.99 Å². The van der Waals surface area contributed by atoms with Crippen molar-refractivity contribution in [3.8, 4) is 33.4 Å². The molecular formula is C42H33N. The molecule has 0 spiro atoms. The highest BCUT2D eigenvalue weighted by Crippen LogP contribution is 2.57. The van der Waals surface area contributed by atoms with E-state index in [2.05, 4.69) is 129 Å². The Kier molecular flexibility index (Phi) is 5.26. The summed E-state index contributed by atoms with van der Waals surface area (Å²) in [5, 5.41) is 5.27. The van der Waals surface area contributed by atoms with E-state index in [1.165, 1.54) is 82.7 Å². The molecule has 0 saturated heterocycles. The van der Waals surface area contributed by atoms with Crippen molar-refractivity contribution in [2.75, 3.05) is 0 Å². The molecule has 1 heteroatoms. The first-order chi connectivity index (χ1) is 21.1. The fraction of sp³-hybridized carbons (Fsp3) is 0.167. The molecule has 3 aliphatic rings. The van der Waals surface area contributed by atoms with Gasteiger partial charge in [0.2, 0.25) is 0 Å². The van der Waals surface area contributed by atoms with Crippen molar-refractivity contribution in [2.45, 2.75) is 44.9 Å². The highest BCUT2D eigenvalue weighted by Gasteiger charge is 2.40. The first kappa shape index (κ1) is 24.8. The summed E-state index contributed by atoms with van der Waals surface area (Å²) >= 11 is 0. The molecule has 1 heterocycles. The van der Waals surface area contributed by atoms with Crippen LogP contribution in [0.2, 0.25) is 0 Å². The molecule has 1 nitrogen and oxygen atoms in total. The summed E-state index contributed by atoms with van der Waals surface area (Å²) in [5.41, 5.74) is 16.3. The molecular weight excluding hydrogens is 518 g/mol. The van der Waals surface area contributed by atoms with E-state index in [1.54, 1.807) is 0 Å². The third-order valence-corrected chi connectivity index (χ3v) is 10.2. The summed E-state index contributed by atoms with van der Waals surface area (Å²) in [6.07, 6.45) is 11.1. The van der Waals surface area contributed by atoms with Crippen LogP contribution in [0.3, 0.4) is 0 Å². The molecule has 0 atom stereocenters. The molecule has 2 aliphatic carbocycles. The molecule has 0 N–H and O–H groups in total. The Morgan fingerprint density at radius 3 is 2.12 bits per heavy atom. The summed E-state index contributed by atoms with van der Waals surface area (Å²) in [5.74, 6) is 0. The van der Waals surface area contributed by atoms with Crippen molar-refractivity contribution in [1.82, 2.24) is 0 Å². The molecule has 206 valence electrons. The molecule has 0 amide bonds. The van der Waals surface area contributed by atoms with Crippen LogP contribution in [-0.4, -0.2) is 6.21 Å². The fourth-order valence-electron chi connectivity index (χ4n) is 8.33. The van der Waals surface area contributed by atoms with Gasteiger partial charge in [0.05, 0.1) is 5.69 Å². The van der Waals surface area contributed by atoms with Gasteiger partial charge in [-0.2, -0.15) is 0 Å². The van der Waals surface area contributed by atoms with Crippen molar-refractivity contribution in [1.29, 1.82) is 0 Å². The average Bonchev–Trinajstić information content (AvgIpc) is 3.30. The Morgan fingerprint density at radius 1 is 0.628 bits per heavy atom. The molecule has 0 fully saturated rings. The molecule has 0 unspecified atom stereocenters. The molecule has 6 aromatic carbocycles. The van der Waals surface area contributed by atoms with Gasteiger partial charge in [-0.3, -0.25) is 4.99 Å². The predicted octanol–water partition coefficient (Wildman–Crippen LogP) is 11.2. The van der Waals surface area contributed by atoms with E-state index in [0.717, 1.165) is 31.4 Å². The van der Waals surface area contributed by atoms with Gasteiger partial charge in [0.25, 0.3) is 0 Å². The predicted molar refractivity (Wildman–Crippen MR) is 184 cm³/mol. The maximum Gasteiger partial charge on any atom is 0.0748 e. The van der Waals surface area contributed by atoms with Crippen LogP contribution in [0.4, 0.5) is 5.69 Å². The highest BCUT2D eigenvalue weighted by atomic mass is 14.7. The number of hydrogen-bond donors (Lipinski definition) is 0. The zero-order valence-electron chi connectivity index (χ0n) is 24.7. The molecule has 0 bridgehead atoms. The molecule has 1 aliphatic heterocycles. The summed E-state index contributed by atoms with van der Waals surface area (Å²) in [6.45, 7) is 4.88. The standard InChI is InChI=1S/C42H33N/c1-42(2)36-25-35(29-17-8-9-18-30(29)39(36)33-23-22-26-13-6-7-16-28(26)40(33)42)38-32-20-11-10-19-31(32)37(27-14-4-3-5-15-27)41-34(38)21-12-24-43-41/h3-5,7-11,14-20,22-25H,6,12-13,21H2,1-2H3. The Hall–Kier alpha value is -4.75. The number of nitrogens with zero attached hydrogens (tertiary/aromatic N) is 1. The summed E-state index contributed by atoms with van der Waals surface area (Å²) < 4.78 is 0. The molecule has 0 aromatic heterocycles. The first-order valence-electron chi connectivity index (χ1n) is 15.7. The van der Waals surface area contributed by atoms with Crippen LogP contribution in [0.5, 0.6) is 0 Å². The number of benzene rings is 6. The van der Waals surface area contributed by atoms with Gasteiger partial charge in [-0.15, -0.1) is 0 Å². The van der Waals surface area contributed by atoms with Gasteiger partial charge in [0.15, 0.2) is 0 Å². The van der Waals surface area contributed by atoms with Gasteiger partial charge in [-0.1, -0.05) is 117 Å². The van der Waals surface area contributed by atoms with Gasteiger partial charge in [-0.25, -0.2) is 0 Å². The zero-order chi connectivity index (χ0) is 28.7. The Morgan fingerprint density at radius 2 is 1.33 bits per heavy atom. The molecule has 6 aromatic rings. The smallest absolute Gasteiger partial charge is 0.0748 e. The van der Waals surface area contributed by atoms with E-state index in [-0.39, 0.29) is 5.41 Å². The second kappa shape index (κ2) is 9.12. The van der Waals surface area contributed by atoms with Crippen LogP contribution < -0.4 is 0 Å². The largest absolute Gasteiger partial charge is 0.260 e. The highest BCUT2D eigenvalue weighted by molar-refractivity contribution is 6.17.